The van der Waals surface area contributed by atoms with Gasteiger partial charge in [-0.1, -0.05) is 17.7 Å². The van der Waals surface area contributed by atoms with E-state index in [4.69, 9.17) is 11.6 Å². The average molecular weight is 406 g/mol. The van der Waals surface area contributed by atoms with Crippen molar-refractivity contribution in [3.63, 3.8) is 0 Å². The molecule has 4 rings (SSSR count). The number of pyridine rings is 2. The van der Waals surface area contributed by atoms with Gasteiger partial charge in [-0.2, -0.15) is 0 Å². The third-order valence-corrected chi connectivity index (χ3v) is 5.33. The van der Waals surface area contributed by atoms with Crippen molar-refractivity contribution in [2.75, 3.05) is 4.90 Å². The number of benzene rings is 1. The van der Waals surface area contributed by atoms with E-state index in [1.807, 2.05) is 0 Å². The second kappa shape index (κ2) is 7.48. The number of hydrogen-bond donors (Lipinski definition) is 1. The molecule has 0 saturated carbocycles. The molecule has 1 aliphatic heterocycles. The molecule has 144 valence electrons. The summed E-state index contributed by atoms with van der Waals surface area (Å²) in [5.74, 6) is -1.75. The van der Waals surface area contributed by atoms with Crippen molar-refractivity contribution in [2.45, 2.75) is 13.0 Å². The molecule has 0 radical (unpaired) electrons. The number of anilines is 1. The summed E-state index contributed by atoms with van der Waals surface area (Å²) in [4.78, 5) is 35.4. The highest BCUT2D eigenvalue weighted by molar-refractivity contribution is 6.52. The zero-order valence-corrected chi connectivity index (χ0v) is 16.2. The summed E-state index contributed by atoms with van der Waals surface area (Å²) in [6, 6.07) is 10.9. The maximum absolute atomic E-state index is 13.1. The Balaban J connectivity index is 1.98. The van der Waals surface area contributed by atoms with E-state index in [9.17, 15) is 14.7 Å². The lowest BCUT2D eigenvalue weighted by Crippen LogP contribution is -2.30. The van der Waals surface area contributed by atoms with Crippen LogP contribution in [0.3, 0.4) is 0 Å². The number of halogens is 1. The third kappa shape index (κ3) is 3.17. The maximum Gasteiger partial charge on any atom is 0.300 e. The van der Waals surface area contributed by atoms with E-state index in [0.717, 1.165) is 0 Å². The summed E-state index contributed by atoms with van der Waals surface area (Å²) >= 11 is 6.26. The molecule has 0 spiro atoms. The first kappa shape index (κ1) is 18.8. The molecule has 1 N–H and O–H groups in total. The third-order valence-electron chi connectivity index (χ3n) is 4.92. The lowest BCUT2D eigenvalue weighted by Gasteiger charge is -2.27. The van der Waals surface area contributed by atoms with Gasteiger partial charge in [-0.3, -0.25) is 24.5 Å². The van der Waals surface area contributed by atoms with Crippen molar-refractivity contribution in [1.82, 2.24) is 9.97 Å². The molecular weight excluding hydrogens is 390 g/mol. The molecule has 1 aromatic carbocycles. The van der Waals surface area contributed by atoms with E-state index in [1.54, 1.807) is 61.8 Å². The van der Waals surface area contributed by atoms with Gasteiger partial charge in [-0.05, 0) is 54.4 Å². The SMILES string of the molecule is Cc1c(Cl)cccc1N1C(=O)C(=O)/C(=C(/O)c2ccncc2)C1c1ccncc1. The Morgan fingerprint density at radius 1 is 1.00 bits per heavy atom. The Morgan fingerprint density at radius 3 is 2.28 bits per heavy atom. The Morgan fingerprint density at radius 2 is 1.62 bits per heavy atom. The summed E-state index contributed by atoms with van der Waals surface area (Å²) in [5.41, 5.74) is 2.23. The van der Waals surface area contributed by atoms with Gasteiger partial charge in [-0.15, -0.1) is 0 Å². The quantitative estimate of drug-likeness (QED) is 0.403. The van der Waals surface area contributed by atoms with Crippen molar-refractivity contribution in [2.24, 2.45) is 0 Å². The number of ketones is 1. The van der Waals surface area contributed by atoms with Crippen molar-refractivity contribution in [3.8, 4) is 0 Å². The lowest BCUT2D eigenvalue weighted by molar-refractivity contribution is -0.132. The molecule has 3 aromatic rings. The largest absolute Gasteiger partial charge is 0.507 e. The summed E-state index contributed by atoms with van der Waals surface area (Å²) in [6.07, 6.45) is 6.17. The molecule has 1 atom stereocenters. The highest BCUT2D eigenvalue weighted by atomic mass is 35.5. The van der Waals surface area contributed by atoms with Gasteiger partial charge in [0, 0.05) is 41.1 Å². The molecule has 29 heavy (non-hydrogen) atoms. The number of aliphatic hydroxyl groups is 1. The van der Waals surface area contributed by atoms with Gasteiger partial charge < -0.3 is 5.11 Å². The predicted octanol–water partition coefficient (Wildman–Crippen LogP) is 4.06. The average Bonchev–Trinajstić information content (AvgIpc) is 3.01. The number of carbonyl (C=O) groups is 2. The van der Waals surface area contributed by atoms with Gasteiger partial charge in [0.05, 0.1) is 11.6 Å². The first-order valence-electron chi connectivity index (χ1n) is 8.87. The van der Waals surface area contributed by atoms with Crippen LogP contribution in [0.5, 0.6) is 0 Å². The van der Waals surface area contributed by atoms with Crippen LogP contribution in [0.4, 0.5) is 5.69 Å². The summed E-state index contributed by atoms with van der Waals surface area (Å²) in [6.45, 7) is 1.78. The van der Waals surface area contributed by atoms with Crippen molar-refractivity contribution < 1.29 is 14.7 Å². The molecule has 1 aliphatic rings. The molecule has 1 fully saturated rings. The zero-order valence-electron chi connectivity index (χ0n) is 15.4. The van der Waals surface area contributed by atoms with Crippen molar-refractivity contribution >= 4 is 34.7 Å². The van der Waals surface area contributed by atoms with Crippen LogP contribution in [0.25, 0.3) is 5.76 Å². The summed E-state index contributed by atoms with van der Waals surface area (Å²) < 4.78 is 0. The minimum absolute atomic E-state index is 0.00627. The second-order valence-electron chi connectivity index (χ2n) is 6.57. The number of carbonyl (C=O) groups excluding carboxylic acids is 2. The highest BCUT2D eigenvalue weighted by Crippen LogP contribution is 2.43. The number of Topliss-reactive ketones (excluding diaryl/α,β-unsaturated/α-hetero) is 1. The standard InChI is InChI=1S/C22H16ClN3O3/c1-13-16(23)3-2-4-17(13)26-19(14-5-9-24-10-6-14)18(21(28)22(26)29)20(27)15-7-11-25-12-8-15/h2-12,19,27H,1H3/b20-18+. The Kier molecular flexibility index (Phi) is 4.86. The highest BCUT2D eigenvalue weighted by Gasteiger charge is 2.47. The molecular formula is C22H16ClN3O3. The fourth-order valence-corrected chi connectivity index (χ4v) is 3.63. The van der Waals surface area contributed by atoms with Crippen LogP contribution in [0.2, 0.25) is 5.02 Å². The first-order chi connectivity index (χ1) is 14.0. The van der Waals surface area contributed by atoms with E-state index >= 15 is 0 Å². The molecule has 0 aliphatic carbocycles. The van der Waals surface area contributed by atoms with Crippen LogP contribution in [0.15, 0.2) is 72.8 Å². The van der Waals surface area contributed by atoms with Gasteiger partial charge in [-0.25, -0.2) is 0 Å². The number of amides is 1. The van der Waals surface area contributed by atoms with Gasteiger partial charge in [0.1, 0.15) is 5.76 Å². The van der Waals surface area contributed by atoms with Crippen LogP contribution in [0, 0.1) is 6.92 Å². The van der Waals surface area contributed by atoms with Gasteiger partial charge >= 0.3 is 0 Å². The fraction of sp³-hybridized carbons (Fsp3) is 0.0909. The smallest absolute Gasteiger partial charge is 0.300 e. The molecule has 3 heterocycles. The van der Waals surface area contributed by atoms with Crippen molar-refractivity contribution in [1.29, 1.82) is 0 Å². The van der Waals surface area contributed by atoms with Crippen LogP contribution in [-0.4, -0.2) is 26.8 Å². The topological polar surface area (TPSA) is 83.4 Å². The monoisotopic (exact) mass is 405 g/mol. The predicted molar refractivity (Wildman–Crippen MR) is 109 cm³/mol. The number of rotatable bonds is 3. The van der Waals surface area contributed by atoms with Gasteiger partial charge in [0.25, 0.3) is 11.7 Å². The lowest BCUT2D eigenvalue weighted by atomic mass is 9.96. The van der Waals surface area contributed by atoms with E-state index in [1.165, 1.54) is 17.3 Å². The number of aliphatic hydroxyl groups excluding tert-OH is 1. The minimum atomic E-state index is -0.816. The number of nitrogens with zero attached hydrogens (tertiary/aromatic N) is 3. The van der Waals surface area contributed by atoms with Crippen LogP contribution < -0.4 is 4.90 Å². The molecule has 1 saturated heterocycles. The summed E-state index contributed by atoms with van der Waals surface area (Å²) in [5, 5.41) is 11.4. The van der Waals surface area contributed by atoms with E-state index in [0.29, 0.717) is 27.4 Å². The minimum Gasteiger partial charge on any atom is -0.507 e. The van der Waals surface area contributed by atoms with Crippen LogP contribution in [0.1, 0.15) is 22.7 Å². The Hall–Kier alpha value is -3.51. The molecule has 2 aromatic heterocycles. The normalized spacial score (nSPS) is 18.3. The molecule has 1 amide bonds. The van der Waals surface area contributed by atoms with E-state index < -0.39 is 17.7 Å². The maximum atomic E-state index is 13.1. The molecule has 7 heteroatoms. The van der Waals surface area contributed by atoms with Crippen molar-refractivity contribution in [3.05, 3.63) is 94.5 Å². The van der Waals surface area contributed by atoms with E-state index in [2.05, 4.69) is 9.97 Å². The first-order valence-corrected chi connectivity index (χ1v) is 9.25. The molecule has 6 nitrogen and oxygen atoms in total. The van der Waals surface area contributed by atoms with Crippen LogP contribution >= 0.6 is 11.6 Å². The fourth-order valence-electron chi connectivity index (χ4n) is 3.46. The van der Waals surface area contributed by atoms with E-state index in [-0.39, 0.29) is 11.3 Å². The van der Waals surface area contributed by atoms with Crippen LogP contribution in [-0.2, 0) is 9.59 Å². The van der Waals surface area contributed by atoms with Gasteiger partial charge in [0.15, 0.2) is 0 Å². The molecule has 0 bridgehead atoms. The number of hydrogen-bond acceptors (Lipinski definition) is 5. The summed E-state index contributed by atoms with van der Waals surface area (Å²) in [7, 11) is 0. The van der Waals surface area contributed by atoms with Gasteiger partial charge in [0.2, 0.25) is 0 Å². The second-order valence-corrected chi connectivity index (χ2v) is 6.98. The Bertz CT molecular complexity index is 1130. The zero-order chi connectivity index (χ0) is 20.5. The number of aromatic nitrogens is 2. The Labute approximate surface area is 172 Å². The molecule has 1 unspecified atom stereocenters.